The van der Waals surface area contributed by atoms with E-state index in [-0.39, 0.29) is 29.7 Å². The molecule has 0 saturated heterocycles. The zero-order valence-corrected chi connectivity index (χ0v) is 16.3. The second kappa shape index (κ2) is 8.72. The summed E-state index contributed by atoms with van der Waals surface area (Å²) in [6.45, 7) is 4.00. The van der Waals surface area contributed by atoms with E-state index in [1.807, 2.05) is 13.8 Å². The highest BCUT2D eigenvalue weighted by molar-refractivity contribution is 6.08. The van der Waals surface area contributed by atoms with E-state index in [9.17, 15) is 19.7 Å². The first-order valence-electron chi connectivity index (χ1n) is 9.57. The maximum atomic E-state index is 13.2. The van der Waals surface area contributed by atoms with Gasteiger partial charge < -0.3 is 15.0 Å². The van der Waals surface area contributed by atoms with Gasteiger partial charge in [-0.25, -0.2) is 0 Å². The van der Waals surface area contributed by atoms with Crippen LogP contribution in [0.4, 0.5) is 11.4 Å². The van der Waals surface area contributed by atoms with Gasteiger partial charge in [0.05, 0.1) is 17.2 Å². The molecule has 8 nitrogen and oxygen atoms in total. The van der Waals surface area contributed by atoms with Gasteiger partial charge in [0, 0.05) is 23.7 Å². The van der Waals surface area contributed by atoms with Gasteiger partial charge in [-0.15, -0.1) is 0 Å². The summed E-state index contributed by atoms with van der Waals surface area (Å²) in [6, 6.07) is 12.5. The molecule has 0 saturated carbocycles. The van der Waals surface area contributed by atoms with E-state index >= 15 is 0 Å². The van der Waals surface area contributed by atoms with Crippen LogP contribution in [0.2, 0.25) is 0 Å². The summed E-state index contributed by atoms with van der Waals surface area (Å²) in [5, 5.41) is 14.0. The van der Waals surface area contributed by atoms with Crippen molar-refractivity contribution < 1.29 is 19.2 Å². The first-order valence-corrected chi connectivity index (χ1v) is 9.57. The molecule has 0 fully saturated rings. The Hall–Kier alpha value is -3.42. The van der Waals surface area contributed by atoms with Gasteiger partial charge in [-0.3, -0.25) is 19.7 Å². The van der Waals surface area contributed by atoms with Crippen molar-refractivity contribution in [2.45, 2.75) is 38.8 Å². The van der Waals surface area contributed by atoms with Gasteiger partial charge in [-0.2, -0.15) is 0 Å². The van der Waals surface area contributed by atoms with E-state index in [0.717, 1.165) is 12.8 Å². The highest BCUT2D eigenvalue weighted by Crippen LogP contribution is 2.34. The van der Waals surface area contributed by atoms with Crippen molar-refractivity contribution in [3.05, 3.63) is 64.2 Å². The van der Waals surface area contributed by atoms with Gasteiger partial charge in [-0.1, -0.05) is 32.0 Å². The summed E-state index contributed by atoms with van der Waals surface area (Å²) in [5.41, 5.74) is 0.533. The Balaban J connectivity index is 1.90. The van der Waals surface area contributed by atoms with Crippen molar-refractivity contribution in [1.82, 2.24) is 5.32 Å². The van der Waals surface area contributed by atoms with Crippen molar-refractivity contribution in [3.8, 4) is 5.75 Å². The molecule has 1 N–H and O–H groups in total. The fraction of sp³-hybridized carbons (Fsp3) is 0.333. The van der Waals surface area contributed by atoms with E-state index in [4.69, 9.17) is 4.74 Å². The van der Waals surface area contributed by atoms with Crippen LogP contribution in [0.25, 0.3) is 0 Å². The smallest absolute Gasteiger partial charge is 0.270 e. The summed E-state index contributed by atoms with van der Waals surface area (Å²) in [7, 11) is 0. The number of hydrogen-bond donors (Lipinski definition) is 1. The molecule has 8 heteroatoms. The summed E-state index contributed by atoms with van der Waals surface area (Å²) in [4.78, 5) is 37.8. The maximum Gasteiger partial charge on any atom is 0.270 e. The summed E-state index contributed by atoms with van der Waals surface area (Å²) < 4.78 is 5.85. The number of nitrogens with one attached hydrogen (secondary N) is 1. The van der Waals surface area contributed by atoms with Crippen LogP contribution >= 0.6 is 0 Å². The number of ether oxygens (including phenoxy) is 1. The number of fused-ring (bicyclic) bond motifs is 1. The van der Waals surface area contributed by atoms with Gasteiger partial charge >= 0.3 is 0 Å². The van der Waals surface area contributed by atoms with E-state index in [1.54, 1.807) is 24.3 Å². The number of anilines is 1. The molecule has 1 unspecified atom stereocenters. The largest absolute Gasteiger partial charge is 0.477 e. The molecule has 0 radical (unpaired) electrons. The molecular weight excluding hydrogens is 374 g/mol. The van der Waals surface area contributed by atoms with Gasteiger partial charge in [0.1, 0.15) is 5.75 Å². The Kier molecular flexibility index (Phi) is 6.11. The minimum Gasteiger partial charge on any atom is -0.477 e. The second-order valence-electron chi connectivity index (χ2n) is 6.82. The minimum atomic E-state index is -0.867. The number of carbonyl (C=O) groups is 2. The molecule has 0 aromatic heterocycles. The molecule has 2 aromatic carbocycles. The predicted molar refractivity (Wildman–Crippen MR) is 108 cm³/mol. The molecule has 1 heterocycles. The van der Waals surface area contributed by atoms with Gasteiger partial charge in [0.2, 0.25) is 0 Å². The zero-order valence-electron chi connectivity index (χ0n) is 16.3. The molecule has 1 atom stereocenters. The molecule has 0 spiro atoms. The van der Waals surface area contributed by atoms with Crippen LogP contribution in [-0.2, 0) is 4.79 Å². The monoisotopic (exact) mass is 397 g/mol. The standard InChI is InChI=1S/C21H23N3O5/c1-3-15(4-2)22-20(25)19-13-23(17-10-5-6-11-18(17)29-19)21(26)14-8-7-9-16(12-14)24(27)28/h5-12,15,19H,3-4,13H2,1-2H3,(H,22,25). The molecule has 2 amide bonds. The number of nitrogens with zero attached hydrogens (tertiary/aromatic N) is 2. The molecule has 0 aliphatic carbocycles. The Labute approximate surface area is 168 Å². The van der Waals surface area contributed by atoms with Crippen LogP contribution in [0.1, 0.15) is 37.0 Å². The molecule has 152 valence electrons. The Morgan fingerprint density at radius 1 is 1.21 bits per heavy atom. The van der Waals surface area contributed by atoms with Crippen LogP contribution in [0, 0.1) is 10.1 Å². The van der Waals surface area contributed by atoms with Crippen LogP contribution in [0.15, 0.2) is 48.5 Å². The van der Waals surface area contributed by atoms with E-state index in [2.05, 4.69) is 5.32 Å². The van der Waals surface area contributed by atoms with E-state index in [0.29, 0.717) is 11.4 Å². The van der Waals surface area contributed by atoms with Gasteiger partial charge in [-0.05, 0) is 31.0 Å². The average Bonchev–Trinajstić information content (AvgIpc) is 2.76. The van der Waals surface area contributed by atoms with E-state index in [1.165, 1.54) is 29.2 Å². The Morgan fingerprint density at radius 3 is 2.62 bits per heavy atom. The number of nitro benzene ring substituents is 1. The summed E-state index contributed by atoms with van der Waals surface area (Å²) >= 11 is 0. The highest BCUT2D eigenvalue weighted by atomic mass is 16.6. The third-order valence-corrected chi connectivity index (χ3v) is 4.95. The quantitative estimate of drug-likeness (QED) is 0.595. The second-order valence-corrected chi connectivity index (χ2v) is 6.82. The number of non-ortho nitro benzene ring substituents is 1. The number of para-hydroxylation sites is 2. The van der Waals surface area contributed by atoms with Crippen LogP contribution in [0.5, 0.6) is 5.75 Å². The lowest BCUT2D eigenvalue weighted by molar-refractivity contribution is -0.384. The lowest BCUT2D eigenvalue weighted by Crippen LogP contribution is -2.52. The zero-order chi connectivity index (χ0) is 21.0. The third-order valence-electron chi connectivity index (χ3n) is 4.95. The number of rotatable bonds is 6. The molecule has 3 rings (SSSR count). The van der Waals surface area contributed by atoms with Crippen LogP contribution in [-0.4, -0.2) is 35.4 Å². The normalized spacial score (nSPS) is 15.4. The number of hydrogen-bond acceptors (Lipinski definition) is 5. The van der Waals surface area contributed by atoms with Crippen LogP contribution in [0.3, 0.4) is 0 Å². The maximum absolute atomic E-state index is 13.2. The fourth-order valence-electron chi connectivity index (χ4n) is 3.26. The summed E-state index contributed by atoms with van der Waals surface area (Å²) in [5.74, 6) is -0.294. The lowest BCUT2D eigenvalue weighted by atomic mass is 10.1. The van der Waals surface area contributed by atoms with Crippen molar-refractivity contribution in [1.29, 1.82) is 0 Å². The molecule has 1 aliphatic heterocycles. The van der Waals surface area contributed by atoms with Crippen LogP contribution < -0.4 is 15.0 Å². The molecular formula is C21H23N3O5. The molecule has 0 bridgehead atoms. The molecule has 29 heavy (non-hydrogen) atoms. The number of carbonyl (C=O) groups excluding carboxylic acids is 2. The topological polar surface area (TPSA) is 102 Å². The third kappa shape index (κ3) is 4.37. The van der Waals surface area contributed by atoms with Crippen molar-refractivity contribution in [2.75, 3.05) is 11.4 Å². The first kappa shape index (κ1) is 20.3. The average molecular weight is 397 g/mol. The van der Waals surface area contributed by atoms with Gasteiger partial charge in [0.25, 0.3) is 17.5 Å². The summed E-state index contributed by atoms with van der Waals surface area (Å²) in [6.07, 6.45) is 0.720. The predicted octanol–water partition coefficient (Wildman–Crippen LogP) is 3.31. The highest BCUT2D eigenvalue weighted by Gasteiger charge is 2.35. The Bertz CT molecular complexity index is 926. The molecule has 2 aromatic rings. The number of nitro groups is 1. The number of amides is 2. The minimum absolute atomic E-state index is 0.0184. The van der Waals surface area contributed by atoms with Crippen molar-refractivity contribution in [3.63, 3.8) is 0 Å². The van der Waals surface area contributed by atoms with Gasteiger partial charge in [0.15, 0.2) is 6.10 Å². The number of benzene rings is 2. The first-order chi connectivity index (χ1) is 13.9. The SMILES string of the molecule is CCC(CC)NC(=O)C1CN(C(=O)c2cccc([N+](=O)[O-])c2)c2ccccc2O1. The van der Waals surface area contributed by atoms with E-state index < -0.39 is 16.9 Å². The Morgan fingerprint density at radius 2 is 1.93 bits per heavy atom. The van der Waals surface area contributed by atoms with Crippen molar-refractivity contribution in [2.24, 2.45) is 0 Å². The molecule has 1 aliphatic rings. The lowest BCUT2D eigenvalue weighted by Gasteiger charge is -2.34. The fourth-order valence-corrected chi connectivity index (χ4v) is 3.26. The van der Waals surface area contributed by atoms with Crippen molar-refractivity contribution >= 4 is 23.2 Å².